The predicted octanol–water partition coefficient (Wildman–Crippen LogP) is 8.79. The van der Waals surface area contributed by atoms with E-state index in [1.807, 2.05) is 103 Å². The van der Waals surface area contributed by atoms with Crippen LogP contribution in [-0.4, -0.2) is 0 Å². The van der Waals surface area contributed by atoms with E-state index in [4.69, 9.17) is 8.83 Å². The Bertz CT molecular complexity index is 2180. The van der Waals surface area contributed by atoms with Crippen LogP contribution in [0.4, 0.5) is 0 Å². The molecular weight excluding hydrogens is 511 g/mol. The van der Waals surface area contributed by atoms with Crippen LogP contribution < -0.4 is 15.9 Å². The van der Waals surface area contributed by atoms with Crippen LogP contribution in [0.25, 0.3) is 55.0 Å². The molecule has 0 spiro atoms. The van der Waals surface area contributed by atoms with Gasteiger partial charge in [0.2, 0.25) is 0 Å². The number of para-hydroxylation sites is 1. The highest BCUT2D eigenvalue weighted by Crippen LogP contribution is 2.43. The van der Waals surface area contributed by atoms with Crippen molar-refractivity contribution < 1.29 is 13.4 Å². The van der Waals surface area contributed by atoms with Gasteiger partial charge in [0.1, 0.15) is 22.3 Å². The maximum absolute atomic E-state index is 14.7. The van der Waals surface area contributed by atoms with Crippen LogP contribution in [0.1, 0.15) is 0 Å². The van der Waals surface area contributed by atoms with Gasteiger partial charge < -0.3 is 13.4 Å². The number of fused-ring (bicyclic) bond motifs is 6. The Hall–Kier alpha value is -4.85. The molecule has 0 aliphatic rings. The second-order valence-corrected chi connectivity index (χ2v) is 12.9. The Kier molecular flexibility index (Phi) is 5.10. The lowest BCUT2D eigenvalue weighted by atomic mass is 10.0. The molecule has 4 heteroatoms. The number of benzene rings is 6. The van der Waals surface area contributed by atoms with Gasteiger partial charge in [0, 0.05) is 43.5 Å². The third-order valence-corrected chi connectivity index (χ3v) is 10.8. The van der Waals surface area contributed by atoms with E-state index in [0.29, 0.717) is 0 Å². The van der Waals surface area contributed by atoms with E-state index in [9.17, 15) is 4.57 Å². The summed E-state index contributed by atoms with van der Waals surface area (Å²) in [7, 11) is -3.01. The van der Waals surface area contributed by atoms with Crippen molar-refractivity contribution in [3.05, 3.63) is 140 Å². The van der Waals surface area contributed by atoms with E-state index in [0.717, 1.165) is 70.9 Å². The van der Waals surface area contributed by atoms with Gasteiger partial charge >= 0.3 is 0 Å². The lowest BCUT2D eigenvalue weighted by molar-refractivity contribution is 0.592. The zero-order valence-corrected chi connectivity index (χ0v) is 22.3. The summed E-state index contributed by atoms with van der Waals surface area (Å²) in [6.07, 6.45) is 0. The molecule has 40 heavy (non-hydrogen) atoms. The van der Waals surface area contributed by atoms with E-state index in [2.05, 4.69) is 36.4 Å². The fourth-order valence-electron chi connectivity index (χ4n) is 5.76. The number of hydrogen-bond acceptors (Lipinski definition) is 3. The van der Waals surface area contributed by atoms with Crippen molar-refractivity contribution in [2.24, 2.45) is 0 Å². The normalized spacial score (nSPS) is 12.1. The first-order valence-corrected chi connectivity index (χ1v) is 15.0. The Morgan fingerprint density at radius 3 is 1.55 bits per heavy atom. The average Bonchev–Trinajstić information content (AvgIpc) is 3.57. The van der Waals surface area contributed by atoms with E-state index >= 15 is 0 Å². The first kappa shape index (κ1) is 23.1. The van der Waals surface area contributed by atoms with Crippen molar-refractivity contribution >= 4 is 66.9 Å². The molecule has 190 valence electrons. The van der Waals surface area contributed by atoms with Crippen molar-refractivity contribution in [2.75, 3.05) is 0 Å². The second-order valence-electron chi connectivity index (χ2n) is 10.1. The molecule has 0 bridgehead atoms. The summed E-state index contributed by atoms with van der Waals surface area (Å²) in [5.74, 6) is 0. The molecule has 0 unspecified atom stereocenters. The van der Waals surface area contributed by atoms with Crippen LogP contribution in [0.2, 0.25) is 0 Å². The van der Waals surface area contributed by atoms with Gasteiger partial charge in [0.25, 0.3) is 0 Å². The lowest BCUT2D eigenvalue weighted by Crippen LogP contribution is -2.24. The monoisotopic (exact) mass is 534 g/mol. The lowest BCUT2D eigenvalue weighted by Gasteiger charge is -2.20. The van der Waals surface area contributed by atoms with E-state index in [1.165, 1.54) is 0 Å². The minimum Gasteiger partial charge on any atom is -0.456 e. The zero-order chi connectivity index (χ0) is 26.7. The largest absolute Gasteiger partial charge is 0.456 e. The Morgan fingerprint density at radius 1 is 0.375 bits per heavy atom. The highest BCUT2D eigenvalue weighted by Gasteiger charge is 2.29. The molecule has 0 N–H and O–H groups in total. The van der Waals surface area contributed by atoms with Crippen molar-refractivity contribution in [2.45, 2.75) is 0 Å². The van der Waals surface area contributed by atoms with E-state index < -0.39 is 7.14 Å². The summed E-state index contributed by atoms with van der Waals surface area (Å²) in [4.78, 5) is 0. The number of hydrogen-bond donors (Lipinski definition) is 0. The van der Waals surface area contributed by atoms with Crippen molar-refractivity contribution in [1.82, 2.24) is 0 Å². The maximum atomic E-state index is 14.7. The van der Waals surface area contributed by atoms with Gasteiger partial charge in [-0.05, 0) is 35.4 Å². The second kappa shape index (κ2) is 8.84. The summed E-state index contributed by atoms with van der Waals surface area (Å²) < 4.78 is 27.0. The van der Waals surface area contributed by atoms with Gasteiger partial charge in [-0.15, -0.1) is 0 Å². The molecule has 0 saturated carbocycles. The molecule has 0 aliphatic heterocycles. The molecule has 0 aliphatic carbocycles. The minimum absolute atomic E-state index is 0.806. The Balaban J connectivity index is 1.24. The van der Waals surface area contributed by atoms with Gasteiger partial charge in [-0.3, -0.25) is 0 Å². The molecule has 8 aromatic rings. The minimum atomic E-state index is -3.01. The standard InChI is InChI=1S/C36H23O3P/c37-40(26-9-3-1-4-10-26,27-11-5-2-6-12-27)28-18-15-24(16-19-28)25-17-20-34-30(21-25)32-22-31-29-13-7-8-14-33(29)38-35(31)23-36(32)39-34/h1-23H. The van der Waals surface area contributed by atoms with Crippen molar-refractivity contribution in [3.8, 4) is 11.1 Å². The molecule has 6 aromatic carbocycles. The maximum Gasteiger partial charge on any atom is 0.171 e. The van der Waals surface area contributed by atoms with Crippen molar-refractivity contribution in [3.63, 3.8) is 0 Å². The van der Waals surface area contributed by atoms with Crippen LogP contribution in [0.5, 0.6) is 0 Å². The number of furan rings is 2. The molecule has 0 saturated heterocycles. The fourth-order valence-corrected chi connectivity index (χ4v) is 8.41. The molecule has 0 amide bonds. The van der Waals surface area contributed by atoms with Crippen LogP contribution >= 0.6 is 7.14 Å². The van der Waals surface area contributed by atoms with Gasteiger partial charge in [0.15, 0.2) is 7.14 Å². The summed E-state index contributed by atoms with van der Waals surface area (Å²) in [5, 5.41) is 6.78. The third-order valence-electron chi connectivity index (χ3n) is 7.77. The molecule has 8 rings (SSSR count). The summed E-state index contributed by atoms with van der Waals surface area (Å²) in [5.41, 5.74) is 5.48. The van der Waals surface area contributed by atoms with Crippen LogP contribution in [0, 0.1) is 0 Å². The van der Waals surface area contributed by atoms with Crippen molar-refractivity contribution in [1.29, 1.82) is 0 Å². The summed E-state index contributed by atoms with van der Waals surface area (Å²) >= 11 is 0. The topological polar surface area (TPSA) is 43.4 Å². The summed E-state index contributed by atoms with van der Waals surface area (Å²) in [6, 6.07) is 46.2. The summed E-state index contributed by atoms with van der Waals surface area (Å²) in [6.45, 7) is 0. The predicted molar refractivity (Wildman–Crippen MR) is 166 cm³/mol. The molecule has 0 fully saturated rings. The highest BCUT2D eigenvalue weighted by atomic mass is 31.2. The van der Waals surface area contributed by atoms with Crippen LogP contribution in [0.3, 0.4) is 0 Å². The SMILES string of the molecule is O=P(c1ccccc1)(c1ccccc1)c1ccc(-c2ccc3oc4cc5oc6ccccc6c5cc4c3c2)cc1. The molecule has 2 aromatic heterocycles. The zero-order valence-electron chi connectivity index (χ0n) is 21.5. The first-order chi connectivity index (χ1) is 19.7. The Morgan fingerprint density at radius 2 is 0.875 bits per heavy atom. The highest BCUT2D eigenvalue weighted by molar-refractivity contribution is 7.85. The first-order valence-electron chi connectivity index (χ1n) is 13.3. The fraction of sp³-hybridized carbons (Fsp3) is 0. The smallest absolute Gasteiger partial charge is 0.171 e. The van der Waals surface area contributed by atoms with Gasteiger partial charge in [-0.1, -0.05) is 109 Å². The van der Waals surface area contributed by atoms with E-state index in [-0.39, 0.29) is 0 Å². The molecule has 2 heterocycles. The van der Waals surface area contributed by atoms with Crippen LogP contribution in [0.15, 0.2) is 148 Å². The molecule has 3 nitrogen and oxygen atoms in total. The molecular formula is C36H23O3P. The number of rotatable bonds is 4. The average molecular weight is 535 g/mol. The van der Waals surface area contributed by atoms with Gasteiger partial charge in [-0.2, -0.15) is 0 Å². The molecule has 0 atom stereocenters. The third kappa shape index (κ3) is 3.49. The quantitative estimate of drug-likeness (QED) is 0.212. The Labute approximate surface area is 230 Å². The van der Waals surface area contributed by atoms with Gasteiger partial charge in [0.05, 0.1) is 0 Å². The van der Waals surface area contributed by atoms with Gasteiger partial charge in [-0.25, -0.2) is 0 Å². The molecule has 0 radical (unpaired) electrons. The van der Waals surface area contributed by atoms with Crippen LogP contribution in [-0.2, 0) is 4.57 Å². The van der Waals surface area contributed by atoms with E-state index in [1.54, 1.807) is 0 Å².